The minimum absolute atomic E-state index is 0.0479. The quantitative estimate of drug-likeness (QED) is 0.862. The second kappa shape index (κ2) is 7.27. The zero-order valence-corrected chi connectivity index (χ0v) is 13.5. The molecule has 2 aromatic carbocycles. The first-order valence-corrected chi connectivity index (χ1v) is 7.61. The summed E-state index contributed by atoms with van der Waals surface area (Å²) in [7, 11) is 0. The van der Waals surface area contributed by atoms with E-state index in [4.69, 9.17) is 4.74 Å². The molecule has 4 heteroatoms. The maximum Gasteiger partial charge on any atom is 0.311 e. The van der Waals surface area contributed by atoms with Gasteiger partial charge in [-0.1, -0.05) is 24.3 Å². The maximum absolute atomic E-state index is 13.7. The molecule has 3 nitrogen and oxygen atoms in total. The van der Waals surface area contributed by atoms with Crippen molar-refractivity contribution in [2.45, 2.75) is 39.2 Å². The van der Waals surface area contributed by atoms with Crippen LogP contribution in [0.4, 0.5) is 4.39 Å². The summed E-state index contributed by atoms with van der Waals surface area (Å²) in [6.07, 6.45) is 0.333. The molecule has 0 aromatic heterocycles. The van der Waals surface area contributed by atoms with E-state index in [-0.39, 0.29) is 18.3 Å². The highest BCUT2D eigenvalue weighted by molar-refractivity contribution is 5.76. The average Bonchev–Trinajstić information content (AvgIpc) is 2.47. The SMILES string of the molecule is Cc1ccc(C(Cc2cccc(OC(C)C)c2)C(=O)O)cc1F. The number of halogens is 1. The lowest BCUT2D eigenvalue weighted by molar-refractivity contribution is -0.138. The van der Waals surface area contributed by atoms with Gasteiger partial charge in [0.05, 0.1) is 12.0 Å². The van der Waals surface area contributed by atoms with Crippen LogP contribution in [0.5, 0.6) is 5.75 Å². The van der Waals surface area contributed by atoms with Crippen LogP contribution in [0.3, 0.4) is 0 Å². The first-order chi connectivity index (χ1) is 10.9. The third kappa shape index (κ3) is 4.55. The van der Waals surface area contributed by atoms with E-state index < -0.39 is 11.9 Å². The van der Waals surface area contributed by atoms with E-state index in [1.165, 1.54) is 6.07 Å². The number of carboxylic acid groups (broad SMARTS) is 1. The summed E-state index contributed by atoms with van der Waals surface area (Å²) in [4.78, 5) is 11.6. The summed E-state index contributed by atoms with van der Waals surface area (Å²) >= 11 is 0. The number of benzene rings is 2. The minimum Gasteiger partial charge on any atom is -0.491 e. The van der Waals surface area contributed by atoms with E-state index in [0.29, 0.717) is 16.9 Å². The van der Waals surface area contributed by atoms with Gasteiger partial charge in [-0.05, 0) is 62.1 Å². The Labute approximate surface area is 135 Å². The molecule has 0 aliphatic heterocycles. The number of carboxylic acids is 1. The van der Waals surface area contributed by atoms with Crippen LogP contribution in [0.15, 0.2) is 42.5 Å². The first kappa shape index (κ1) is 17.0. The zero-order valence-electron chi connectivity index (χ0n) is 13.5. The number of aliphatic carboxylic acids is 1. The van der Waals surface area contributed by atoms with Gasteiger partial charge in [-0.25, -0.2) is 4.39 Å². The van der Waals surface area contributed by atoms with E-state index in [2.05, 4.69) is 0 Å². The van der Waals surface area contributed by atoms with Gasteiger partial charge in [-0.15, -0.1) is 0 Å². The number of hydrogen-bond donors (Lipinski definition) is 1. The van der Waals surface area contributed by atoms with Crippen molar-refractivity contribution in [1.29, 1.82) is 0 Å². The molecule has 0 bridgehead atoms. The number of ether oxygens (including phenoxy) is 1. The van der Waals surface area contributed by atoms with Gasteiger partial charge in [0.1, 0.15) is 11.6 Å². The molecule has 0 saturated carbocycles. The van der Waals surface area contributed by atoms with Crippen LogP contribution < -0.4 is 4.74 Å². The molecule has 0 spiro atoms. The summed E-state index contributed by atoms with van der Waals surface area (Å²) in [5.41, 5.74) is 1.82. The summed E-state index contributed by atoms with van der Waals surface area (Å²) in [6.45, 7) is 5.52. The van der Waals surface area contributed by atoms with Crippen molar-refractivity contribution in [2.24, 2.45) is 0 Å². The lowest BCUT2D eigenvalue weighted by Gasteiger charge is -2.15. The molecule has 2 rings (SSSR count). The van der Waals surface area contributed by atoms with Gasteiger partial charge in [0, 0.05) is 0 Å². The Morgan fingerprint density at radius 2 is 1.96 bits per heavy atom. The Bertz CT molecular complexity index is 695. The maximum atomic E-state index is 13.7. The third-order valence-electron chi connectivity index (χ3n) is 3.61. The second-order valence-corrected chi connectivity index (χ2v) is 5.92. The Hall–Kier alpha value is -2.36. The Kier molecular flexibility index (Phi) is 5.37. The molecule has 0 fully saturated rings. The standard InChI is InChI=1S/C19H21FO3/c1-12(2)23-16-6-4-5-14(9-16)10-17(19(21)22)15-8-7-13(3)18(20)11-15/h4-9,11-12,17H,10H2,1-3H3,(H,21,22). The van der Waals surface area contributed by atoms with Gasteiger partial charge in [0.15, 0.2) is 0 Å². The molecule has 122 valence electrons. The molecule has 1 atom stereocenters. The fourth-order valence-electron chi connectivity index (χ4n) is 2.43. The van der Waals surface area contributed by atoms with Gasteiger partial charge in [-0.2, -0.15) is 0 Å². The van der Waals surface area contributed by atoms with Crippen molar-refractivity contribution in [3.63, 3.8) is 0 Å². The van der Waals surface area contributed by atoms with Gasteiger partial charge < -0.3 is 9.84 Å². The first-order valence-electron chi connectivity index (χ1n) is 7.61. The number of hydrogen-bond acceptors (Lipinski definition) is 2. The summed E-state index contributed by atoms with van der Waals surface area (Å²) < 4.78 is 19.4. The molecular weight excluding hydrogens is 295 g/mol. The van der Waals surface area contributed by atoms with E-state index >= 15 is 0 Å². The molecular formula is C19H21FO3. The van der Waals surface area contributed by atoms with Gasteiger partial charge in [0.25, 0.3) is 0 Å². The van der Waals surface area contributed by atoms with Crippen LogP contribution in [0, 0.1) is 12.7 Å². The Morgan fingerprint density at radius 3 is 2.57 bits per heavy atom. The summed E-state index contributed by atoms with van der Waals surface area (Å²) in [5.74, 6) is -1.44. The molecule has 0 amide bonds. The van der Waals surface area contributed by atoms with Crippen molar-refractivity contribution < 1.29 is 19.0 Å². The predicted molar refractivity (Wildman–Crippen MR) is 87.4 cm³/mol. The summed E-state index contributed by atoms with van der Waals surface area (Å²) in [5, 5.41) is 9.51. The molecule has 0 saturated heterocycles. The van der Waals surface area contributed by atoms with Crippen LogP contribution in [0.2, 0.25) is 0 Å². The van der Waals surface area contributed by atoms with Crippen molar-refractivity contribution in [1.82, 2.24) is 0 Å². The topological polar surface area (TPSA) is 46.5 Å². The van der Waals surface area contributed by atoms with Crippen LogP contribution >= 0.6 is 0 Å². The summed E-state index contributed by atoms with van der Waals surface area (Å²) in [6, 6.07) is 12.0. The van der Waals surface area contributed by atoms with Gasteiger partial charge in [0.2, 0.25) is 0 Å². The van der Waals surface area contributed by atoms with Gasteiger partial charge in [-0.3, -0.25) is 4.79 Å². The third-order valence-corrected chi connectivity index (χ3v) is 3.61. The van der Waals surface area contributed by atoms with E-state index in [9.17, 15) is 14.3 Å². The molecule has 2 aromatic rings. The number of carbonyl (C=O) groups is 1. The number of aryl methyl sites for hydroxylation is 1. The molecule has 1 N–H and O–H groups in total. The minimum atomic E-state index is -0.969. The largest absolute Gasteiger partial charge is 0.491 e. The fraction of sp³-hybridized carbons (Fsp3) is 0.316. The van der Waals surface area contributed by atoms with E-state index in [0.717, 1.165) is 5.56 Å². The molecule has 1 unspecified atom stereocenters. The second-order valence-electron chi connectivity index (χ2n) is 5.92. The monoisotopic (exact) mass is 316 g/mol. The van der Waals surface area contributed by atoms with E-state index in [1.54, 1.807) is 19.1 Å². The van der Waals surface area contributed by atoms with Crippen molar-refractivity contribution in [3.05, 3.63) is 65.0 Å². The molecule has 0 aliphatic rings. The van der Waals surface area contributed by atoms with Crippen LogP contribution in [0.1, 0.15) is 36.5 Å². The Balaban J connectivity index is 2.26. The van der Waals surface area contributed by atoms with Crippen molar-refractivity contribution in [2.75, 3.05) is 0 Å². The lowest BCUT2D eigenvalue weighted by Crippen LogP contribution is -2.15. The Morgan fingerprint density at radius 1 is 1.22 bits per heavy atom. The molecule has 23 heavy (non-hydrogen) atoms. The average molecular weight is 316 g/mol. The highest BCUT2D eigenvalue weighted by Gasteiger charge is 2.21. The molecule has 0 radical (unpaired) electrons. The van der Waals surface area contributed by atoms with Crippen LogP contribution in [0.25, 0.3) is 0 Å². The molecule has 0 heterocycles. The smallest absolute Gasteiger partial charge is 0.311 e. The predicted octanol–water partition coefficient (Wildman–Crippen LogP) is 4.33. The van der Waals surface area contributed by atoms with Crippen LogP contribution in [-0.2, 0) is 11.2 Å². The zero-order chi connectivity index (χ0) is 17.0. The molecule has 0 aliphatic carbocycles. The fourth-order valence-corrected chi connectivity index (χ4v) is 2.43. The highest BCUT2D eigenvalue weighted by Crippen LogP contribution is 2.25. The normalized spacial score (nSPS) is 12.2. The number of rotatable bonds is 6. The van der Waals surface area contributed by atoms with Crippen molar-refractivity contribution >= 4 is 5.97 Å². The highest BCUT2D eigenvalue weighted by atomic mass is 19.1. The van der Waals surface area contributed by atoms with E-state index in [1.807, 2.05) is 38.1 Å². The van der Waals surface area contributed by atoms with Crippen molar-refractivity contribution in [3.8, 4) is 5.75 Å². The van der Waals surface area contributed by atoms with Gasteiger partial charge >= 0.3 is 5.97 Å². The lowest BCUT2D eigenvalue weighted by atomic mass is 9.91. The van der Waals surface area contributed by atoms with Crippen LogP contribution in [-0.4, -0.2) is 17.2 Å².